The first-order chi connectivity index (χ1) is 12.0. The number of terminal acetylenes is 1. The Balaban J connectivity index is 2.11. The van der Waals surface area contributed by atoms with Gasteiger partial charge in [-0.1, -0.05) is 24.1 Å². The van der Waals surface area contributed by atoms with Gasteiger partial charge < -0.3 is 5.32 Å². The van der Waals surface area contributed by atoms with Crippen LogP contribution in [0.3, 0.4) is 0 Å². The van der Waals surface area contributed by atoms with E-state index in [1.54, 1.807) is 24.3 Å². The molecule has 0 saturated heterocycles. The highest BCUT2D eigenvalue weighted by Gasteiger charge is 2.15. The van der Waals surface area contributed by atoms with Gasteiger partial charge in [0, 0.05) is 12.1 Å². The monoisotopic (exact) mass is 353 g/mol. The molecule has 2 aromatic rings. The molecule has 0 saturated carbocycles. The number of hydrogen-bond acceptors (Lipinski definition) is 4. The largest absolute Gasteiger partial charge is 0.348 e. The molecule has 0 unspecified atom stereocenters. The predicted molar refractivity (Wildman–Crippen MR) is 92.8 cm³/mol. The van der Waals surface area contributed by atoms with Crippen LogP contribution < -0.4 is 10.0 Å². The third-order valence-corrected chi connectivity index (χ3v) is 4.68. The standard InChI is InChI=1S/C18H15N3O3S/c1-2-9-21-25(23,24)17-8-4-7-16(11-17)18(22)20-13-15-6-3-5-14(10-15)12-19/h1,3-8,10-11,21H,9,13H2,(H,20,22). The van der Waals surface area contributed by atoms with Crippen molar-refractivity contribution in [3.05, 3.63) is 65.2 Å². The second-order valence-electron chi connectivity index (χ2n) is 5.05. The third kappa shape index (κ3) is 4.92. The number of nitrogens with zero attached hydrogens (tertiary/aromatic N) is 1. The number of hydrogen-bond donors (Lipinski definition) is 2. The van der Waals surface area contributed by atoms with Crippen LogP contribution in [0.25, 0.3) is 0 Å². The molecule has 7 heteroatoms. The van der Waals surface area contributed by atoms with E-state index in [1.165, 1.54) is 24.3 Å². The van der Waals surface area contributed by atoms with Crippen molar-refractivity contribution >= 4 is 15.9 Å². The summed E-state index contributed by atoms with van der Waals surface area (Å²) in [7, 11) is -3.76. The van der Waals surface area contributed by atoms with Crippen molar-refractivity contribution in [3.63, 3.8) is 0 Å². The number of rotatable bonds is 6. The van der Waals surface area contributed by atoms with Gasteiger partial charge in [0.2, 0.25) is 10.0 Å². The van der Waals surface area contributed by atoms with Crippen LogP contribution in [0.15, 0.2) is 53.4 Å². The Morgan fingerprint density at radius 3 is 2.64 bits per heavy atom. The van der Waals surface area contributed by atoms with Gasteiger partial charge >= 0.3 is 0 Å². The minimum atomic E-state index is -3.76. The predicted octanol–water partition coefficient (Wildman–Crippen LogP) is 1.40. The quantitative estimate of drug-likeness (QED) is 0.767. The Kier molecular flexibility index (Phi) is 5.91. The fourth-order valence-electron chi connectivity index (χ4n) is 2.06. The van der Waals surface area contributed by atoms with E-state index in [1.807, 2.05) is 6.07 Å². The maximum absolute atomic E-state index is 12.2. The molecule has 0 atom stereocenters. The maximum Gasteiger partial charge on any atom is 0.251 e. The molecule has 0 aliphatic heterocycles. The fourth-order valence-corrected chi connectivity index (χ4v) is 3.04. The summed E-state index contributed by atoms with van der Waals surface area (Å²) in [5, 5.41) is 11.6. The molecule has 2 N–H and O–H groups in total. The van der Waals surface area contributed by atoms with Crippen LogP contribution in [0.5, 0.6) is 0 Å². The average Bonchev–Trinajstić information content (AvgIpc) is 2.64. The number of carbonyl (C=O) groups excluding carboxylic acids is 1. The van der Waals surface area contributed by atoms with E-state index >= 15 is 0 Å². The van der Waals surface area contributed by atoms with Gasteiger partial charge in [-0.05, 0) is 35.9 Å². The lowest BCUT2D eigenvalue weighted by Crippen LogP contribution is -2.25. The van der Waals surface area contributed by atoms with E-state index in [4.69, 9.17) is 11.7 Å². The van der Waals surface area contributed by atoms with Crippen LogP contribution >= 0.6 is 0 Å². The van der Waals surface area contributed by atoms with E-state index in [-0.39, 0.29) is 23.5 Å². The second kappa shape index (κ2) is 8.11. The SMILES string of the molecule is C#CCNS(=O)(=O)c1cccc(C(=O)NCc2cccc(C#N)c2)c1. The summed E-state index contributed by atoms with van der Waals surface area (Å²) in [6.45, 7) is 0.0919. The van der Waals surface area contributed by atoms with Crippen molar-refractivity contribution in [1.29, 1.82) is 5.26 Å². The minimum Gasteiger partial charge on any atom is -0.348 e. The number of carbonyl (C=O) groups is 1. The molecule has 0 aromatic heterocycles. The molecule has 0 aliphatic carbocycles. The number of nitrogens with one attached hydrogen (secondary N) is 2. The van der Waals surface area contributed by atoms with E-state index in [0.717, 1.165) is 5.56 Å². The molecule has 6 nitrogen and oxygen atoms in total. The zero-order valence-corrected chi connectivity index (χ0v) is 14.0. The van der Waals surface area contributed by atoms with Gasteiger partial charge in [0.05, 0.1) is 23.1 Å². The summed E-state index contributed by atoms with van der Waals surface area (Å²) in [5.41, 5.74) is 1.48. The van der Waals surface area contributed by atoms with Crippen LogP contribution in [0.2, 0.25) is 0 Å². The smallest absolute Gasteiger partial charge is 0.251 e. The highest BCUT2D eigenvalue weighted by atomic mass is 32.2. The van der Waals surface area contributed by atoms with E-state index in [9.17, 15) is 13.2 Å². The Labute approximate surface area is 146 Å². The Morgan fingerprint density at radius 1 is 1.16 bits per heavy atom. The zero-order valence-electron chi connectivity index (χ0n) is 13.2. The molecule has 0 heterocycles. The molecule has 1 amide bonds. The van der Waals surface area contributed by atoms with Crippen LogP contribution in [-0.4, -0.2) is 20.9 Å². The van der Waals surface area contributed by atoms with Gasteiger partial charge in [-0.15, -0.1) is 6.42 Å². The van der Waals surface area contributed by atoms with E-state index in [2.05, 4.69) is 16.0 Å². The van der Waals surface area contributed by atoms with Gasteiger partial charge in [-0.3, -0.25) is 4.79 Å². The van der Waals surface area contributed by atoms with Gasteiger partial charge in [0.15, 0.2) is 0 Å². The molecule has 0 aliphatic rings. The second-order valence-corrected chi connectivity index (χ2v) is 6.82. The molecule has 2 rings (SSSR count). The molecule has 0 spiro atoms. The number of benzene rings is 2. The molecule has 0 radical (unpaired) electrons. The number of amides is 1. The lowest BCUT2D eigenvalue weighted by molar-refractivity contribution is 0.0950. The van der Waals surface area contributed by atoms with Crippen molar-refractivity contribution in [2.45, 2.75) is 11.4 Å². The highest BCUT2D eigenvalue weighted by Crippen LogP contribution is 2.12. The van der Waals surface area contributed by atoms with E-state index < -0.39 is 15.9 Å². The molecule has 25 heavy (non-hydrogen) atoms. The summed E-state index contributed by atoms with van der Waals surface area (Å²) in [6, 6.07) is 14.5. The van der Waals surface area contributed by atoms with Gasteiger partial charge in [-0.25, -0.2) is 8.42 Å². The van der Waals surface area contributed by atoms with Crippen LogP contribution in [0.4, 0.5) is 0 Å². The third-order valence-electron chi connectivity index (χ3n) is 3.28. The zero-order chi connectivity index (χ0) is 18.3. The van der Waals surface area contributed by atoms with Crippen LogP contribution in [0, 0.1) is 23.7 Å². The lowest BCUT2D eigenvalue weighted by Gasteiger charge is -2.08. The summed E-state index contributed by atoms with van der Waals surface area (Å²) in [6.07, 6.45) is 5.05. The van der Waals surface area contributed by atoms with Crippen molar-refractivity contribution < 1.29 is 13.2 Å². The fraction of sp³-hybridized carbons (Fsp3) is 0.111. The topological polar surface area (TPSA) is 99.1 Å². The first-order valence-corrected chi connectivity index (χ1v) is 8.75. The molecule has 2 aromatic carbocycles. The highest BCUT2D eigenvalue weighted by molar-refractivity contribution is 7.89. The maximum atomic E-state index is 12.2. The van der Waals surface area contributed by atoms with Gasteiger partial charge in [0.1, 0.15) is 0 Å². The van der Waals surface area contributed by atoms with Crippen molar-refractivity contribution in [1.82, 2.24) is 10.0 Å². The van der Waals surface area contributed by atoms with Gasteiger partial charge in [-0.2, -0.15) is 9.98 Å². The molecular formula is C18H15N3O3S. The Bertz CT molecular complexity index is 970. The summed E-state index contributed by atoms with van der Waals surface area (Å²) in [4.78, 5) is 12.2. The lowest BCUT2D eigenvalue weighted by atomic mass is 10.1. The van der Waals surface area contributed by atoms with Crippen molar-refractivity contribution in [3.8, 4) is 18.4 Å². The normalized spacial score (nSPS) is 10.5. The first-order valence-electron chi connectivity index (χ1n) is 7.26. The number of sulfonamides is 1. The minimum absolute atomic E-state index is 0.0399. The van der Waals surface area contributed by atoms with Gasteiger partial charge in [0.25, 0.3) is 5.91 Å². The Morgan fingerprint density at radius 2 is 1.92 bits per heavy atom. The van der Waals surface area contributed by atoms with Crippen LogP contribution in [0.1, 0.15) is 21.5 Å². The molecular weight excluding hydrogens is 338 g/mol. The average molecular weight is 353 g/mol. The summed E-state index contributed by atoms with van der Waals surface area (Å²) in [5.74, 6) is 1.77. The summed E-state index contributed by atoms with van der Waals surface area (Å²) >= 11 is 0. The van der Waals surface area contributed by atoms with Crippen molar-refractivity contribution in [2.75, 3.05) is 6.54 Å². The van der Waals surface area contributed by atoms with E-state index in [0.29, 0.717) is 5.56 Å². The summed E-state index contributed by atoms with van der Waals surface area (Å²) < 4.78 is 26.3. The molecule has 0 fully saturated rings. The van der Waals surface area contributed by atoms with Crippen LogP contribution in [-0.2, 0) is 16.6 Å². The number of nitriles is 1. The molecule has 126 valence electrons. The Hall–Kier alpha value is -3.13. The first kappa shape index (κ1) is 18.2. The van der Waals surface area contributed by atoms with Crippen molar-refractivity contribution in [2.24, 2.45) is 0 Å². The molecule has 0 bridgehead atoms.